The Morgan fingerprint density at radius 1 is 1.25 bits per heavy atom. The summed E-state index contributed by atoms with van der Waals surface area (Å²) in [5.74, 6) is -0.0587. The summed E-state index contributed by atoms with van der Waals surface area (Å²) < 4.78 is 5.62. The van der Waals surface area contributed by atoms with Gasteiger partial charge in [-0.1, -0.05) is 45.0 Å². The molecule has 0 bridgehead atoms. The minimum absolute atomic E-state index is 0.00341. The first kappa shape index (κ1) is 22.4. The van der Waals surface area contributed by atoms with Crippen molar-refractivity contribution in [1.82, 2.24) is 10.2 Å². The van der Waals surface area contributed by atoms with Gasteiger partial charge in [-0.15, -0.1) is 0 Å². The van der Waals surface area contributed by atoms with Crippen molar-refractivity contribution in [3.8, 4) is 0 Å². The lowest BCUT2D eigenvalue weighted by atomic mass is 9.94. The van der Waals surface area contributed by atoms with Crippen molar-refractivity contribution in [1.29, 1.82) is 0 Å². The molecule has 1 heterocycles. The normalized spacial score (nSPS) is 17.0. The second-order valence-electron chi connectivity index (χ2n) is 8.38. The van der Waals surface area contributed by atoms with Gasteiger partial charge >= 0.3 is 0 Å². The number of nitrogens with one attached hydrogen (secondary N) is 1. The minimum Gasteiger partial charge on any atom is -0.381 e. The first-order chi connectivity index (χ1) is 13.4. The van der Waals surface area contributed by atoms with E-state index in [2.05, 4.69) is 26.1 Å². The average Bonchev–Trinajstić information content (AvgIpc) is 3.17. The number of carbonyl (C=O) groups is 2. The van der Waals surface area contributed by atoms with Gasteiger partial charge in [-0.05, 0) is 30.4 Å². The van der Waals surface area contributed by atoms with Crippen LogP contribution in [0.2, 0.25) is 0 Å². The van der Waals surface area contributed by atoms with E-state index in [1.54, 1.807) is 4.90 Å². The lowest BCUT2D eigenvalue weighted by Crippen LogP contribution is -2.48. The van der Waals surface area contributed by atoms with Gasteiger partial charge in [0, 0.05) is 31.7 Å². The van der Waals surface area contributed by atoms with Gasteiger partial charge in [-0.25, -0.2) is 0 Å². The Labute approximate surface area is 168 Å². The molecule has 28 heavy (non-hydrogen) atoms. The Morgan fingerprint density at radius 3 is 2.57 bits per heavy atom. The third kappa shape index (κ3) is 6.60. The molecule has 1 fully saturated rings. The van der Waals surface area contributed by atoms with Crippen LogP contribution in [0.25, 0.3) is 0 Å². The molecule has 1 aliphatic rings. The monoisotopic (exact) mass is 389 g/mol. The lowest BCUT2D eigenvalue weighted by molar-refractivity contribution is -0.138. The fraction of sp³-hybridized carbons (Fsp3) is 0.636. The number of rotatable bonds is 10. The Morgan fingerprint density at radius 2 is 1.93 bits per heavy atom. The Bertz CT molecular complexity index is 643. The Kier molecular flexibility index (Phi) is 8.45. The maximum absolute atomic E-state index is 12.8. The molecule has 1 atom stereocenters. The van der Waals surface area contributed by atoms with Crippen molar-refractivity contribution in [3.63, 3.8) is 0 Å². The molecule has 6 nitrogen and oxygen atoms in total. The topological polar surface area (TPSA) is 84.7 Å². The SMILES string of the molecule is CCCOCC(C)(C)CNC(=O)[C@@H]1CCCN1C(=O)Cc1ccc(CN)cc1. The van der Waals surface area contributed by atoms with Gasteiger partial charge in [0.2, 0.25) is 11.8 Å². The van der Waals surface area contributed by atoms with Crippen LogP contribution in [-0.4, -0.2) is 49.1 Å². The highest BCUT2D eigenvalue weighted by Crippen LogP contribution is 2.20. The Balaban J connectivity index is 1.88. The van der Waals surface area contributed by atoms with E-state index in [4.69, 9.17) is 10.5 Å². The third-order valence-corrected chi connectivity index (χ3v) is 5.07. The zero-order chi connectivity index (χ0) is 20.6. The molecule has 0 saturated carbocycles. The second kappa shape index (κ2) is 10.6. The average molecular weight is 390 g/mol. The summed E-state index contributed by atoms with van der Waals surface area (Å²) in [6.07, 6.45) is 2.87. The quantitative estimate of drug-likeness (QED) is 0.601. The molecule has 1 aromatic carbocycles. The molecule has 0 aromatic heterocycles. The number of amides is 2. The third-order valence-electron chi connectivity index (χ3n) is 5.07. The number of hydrogen-bond donors (Lipinski definition) is 2. The minimum atomic E-state index is -0.372. The molecular weight excluding hydrogens is 354 g/mol. The summed E-state index contributed by atoms with van der Waals surface area (Å²) in [4.78, 5) is 27.2. The fourth-order valence-corrected chi connectivity index (χ4v) is 3.40. The number of carbonyl (C=O) groups excluding carboxylic acids is 2. The van der Waals surface area contributed by atoms with E-state index >= 15 is 0 Å². The maximum Gasteiger partial charge on any atom is 0.242 e. The zero-order valence-corrected chi connectivity index (χ0v) is 17.5. The molecule has 2 rings (SSSR count). The molecular formula is C22H35N3O3. The van der Waals surface area contributed by atoms with Crippen LogP contribution < -0.4 is 11.1 Å². The summed E-state index contributed by atoms with van der Waals surface area (Å²) >= 11 is 0. The summed E-state index contributed by atoms with van der Waals surface area (Å²) in [5, 5.41) is 3.03. The van der Waals surface area contributed by atoms with Crippen LogP contribution in [0.4, 0.5) is 0 Å². The molecule has 0 spiro atoms. The van der Waals surface area contributed by atoms with Crippen molar-refractivity contribution < 1.29 is 14.3 Å². The predicted octanol–water partition coefficient (Wildman–Crippen LogP) is 2.25. The van der Waals surface area contributed by atoms with Crippen LogP contribution >= 0.6 is 0 Å². The molecule has 156 valence electrons. The van der Waals surface area contributed by atoms with Gasteiger partial charge in [-0.3, -0.25) is 9.59 Å². The van der Waals surface area contributed by atoms with E-state index < -0.39 is 0 Å². The Hall–Kier alpha value is -1.92. The van der Waals surface area contributed by atoms with E-state index in [1.165, 1.54) is 0 Å². The van der Waals surface area contributed by atoms with Gasteiger partial charge in [0.05, 0.1) is 13.0 Å². The van der Waals surface area contributed by atoms with E-state index in [1.807, 2.05) is 24.3 Å². The zero-order valence-electron chi connectivity index (χ0n) is 17.5. The lowest BCUT2D eigenvalue weighted by Gasteiger charge is -2.28. The number of ether oxygens (including phenoxy) is 1. The van der Waals surface area contributed by atoms with Gasteiger partial charge in [0.1, 0.15) is 6.04 Å². The van der Waals surface area contributed by atoms with Crippen molar-refractivity contribution >= 4 is 11.8 Å². The molecule has 1 aromatic rings. The molecule has 0 aliphatic carbocycles. The highest BCUT2D eigenvalue weighted by Gasteiger charge is 2.34. The maximum atomic E-state index is 12.8. The van der Waals surface area contributed by atoms with Crippen molar-refractivity contribution in [3.05, 3.63) is 35.4 Å². The number of likely N-dealkylation sites (tertiary alicyclic amines) is 1. The molecule has 2 amide bonds. The molecule has 1 saturated heterocycles. The van der Waals surface area contributed by atoms with Gasteiger partial charge < -0.3 is 20.7 Å². The number of benzene rings is 1. The first-order valence-corrected chi connectivity index (χ1v) is 10.3. The number of nitrogens with two attached hydrogens (primary N) is 1. The largest absolute Gasteiger partial charge is 0.381 e. The summed E-state index contributed by atoms with van der Waals surface area (Å²) in [6, 6.07) is 7.38. The van der Waals surface area contributed by atoms with Crippen LogP contribution in [0.3, 0.4) is 0 Å². The molecule has 1 aliphatic heterocycles. The van der Waals surface area contributed by atoms with Gasteiger partial charge in [0.15, 0.2) is 0 Å². The fourth-order valence-electron chi connectivity index (χ4n) is 3.40. The van der Waals surface area contributed by atoms with Crippen LogP contribution in [0.1, 0.15) is 51.2 Å². The van der Waals surface area contributed by atoms with Gasteiger partial charge in [0.25, 0.3) is 0 Å². The standard InChI is InChI=1S/C22H35N3O3/c1-4-12-28-16-22(2,3)15-24-21(27)19-6-5-11-25(19)20(26)13-17-7-9-18(14-23)10-8-17/h7-10,19H,4-6,11-16,23H2,1-3H3,(H,24,27)/t19-/m0/s1. The number of nitrogens with zero attached hydrogens (tertiary/aromatic N) is 1. The number of hydrogen-bond acceptors (Lipinski definition) is 4. The summed E-state index contributed by atoms with van der Waals surface area (Å²) in [6.45, 7) is 9.23. The smallest absolute Gasteiger partial charge is 0.242 e. The highest BCUT2D eigenvalue weighted by molar-refractivity contribution is 5.89. The van der Waals surface area contributed by atoms with E-state index in [9.17, 15) is 9.59 Å². The summed E-state index contributed by atoms with van der Waals surface area (Å²) in [7, 11) is 0. The highest BCUT2D eigenvalue weighted by atomic mass is 16.5. The van der Waals surface area contributed by atoms with Crippen molar-refractivity contribution in [2.75, 3.05) is 26.3 Å². The van der Waals surface area contributed by atoms with E-state index in [0.29, 0.717) is 32.7 Å². The molecule has 6 heteroatoms. The predicted molar refractivity (Wildman–Crippen MR) is 111 cm³/mol. The van der Waals surface area contributed by atoms with Crippen LogP contribution in [0, 0.1) is 5.41 Å². The molecule has 0 unspecified atom stereocenters. The first-order valence-electron chi connectivity index (χ1n) is 10.3. The second-order valence-corrected chi connectivity index (χ2v) is 8.38. The van der Waals surface area contributed by atoms with Crippen molar-refractivity contribution in [2.24, 2.45) is 11.1 Å². The molecule has 3 N–H and O–H groups in total. The summed E-state index contributed by atoms with van der Waals surface area (Å²) in [5.41, 5.74) is 7.47. The van der Waals surface area contributed by atoms with Crippen LogP contribution in [0.15, 0.2) is 24.3 Å². The van der Waals surface area contributed by atoms with Gasteiger partial charge in [-0.2, -0.15) is 0 Å². The van der Waals surface area contributed by atoms with Crippen LogP contribution in [0.5, 0.6) is 0 Å². The molecule has 0 radical (unpaired) electrons. The van der Waals surface area contributed by atoms with Crippen LogP contribution in [-0.2, 0) is 27.3 Å². The van der Waals surface area contributed by atoms with E-state index in [0.717, 1.165) is 37.0 Å². The van der Waals surface area contributed by atoms with Crippen molar-refractivity contribution in [2.45, 2.75) is 59.0 Å². The van der Waals surface area contributed by atoms with E-state index in [-0.39, 0.29) is 23.3 Å².